The number of nitrogens with zero attached hydrogens (tertiary/aromatic N) is 2. The summed E-state index contributed by atoms with van der Waals surface area (Å²) in [5, 5.41) is 11.3. The minimum absolute atomic E-state index is 0.0556. The van der Waals surface area contributed by atoms with Crippen molar-refractivity contribution in [2.45, 2.75) is 56.9 Å². The molecule has 0 saturated heterocycles. The van der Waals surface area contributed by atoms with Gasteiger partial charge in [0.2, 0.25) is 0 Å². The Hall–Kier alpha value is -2.39. The molecule has 6 nitrogen and oxygen atoms in total. The predicted molar refractivity (Wildman–Crippen MR) is 123 cm³/mol. The van der Waals surface area contributed by atoms with Crippen molar-refractivity contribution in [2.24, 2.45) is 9.36 Å². The molecule has 0 fully saturated rings. The molecule has 0 aromatic heterocycles. The number of carbonyl (C=O) groups is 1. The number of nitrogens with one attached hydrogen (secondary N) is 1. The summed E-state index contributed by atoms with van der Waals surface area (Å²) in [5.41, 5.74) is 1.89. The maximum atomic E-state index is 14.9. The zero-order valence-electron chi connectivity index (χ0n) is 19.2. The normalized spacial score (nSPS) is 24.8. The molecule has 1 aromatic rings. The van der Waals surface area contributed by atoms with Gasteiger partial charge in [-0.1, -0.05) is 25.6 Å². The van der Waals surface area contributed by atoms with E-state index >= 15 is 0 Å². The highest BCUT2D eigenvalue weighted by molar-refractivity contribution is 7.95. The molecule has 0 radical (unpaired) electrons. The maximum Gasteiger partial charge on any atom is 0.410 e. The number of aliphatic imine (C=N–C) groups is 1. The summed E-state index contributed by atoms with van der Waals surface area (Å²) in [7, 11) is -5.52. The molecule has 182 valence electrons. The van der Waals surface area contributed by atoms with Gasteiger partial charge in [-0.15, -0.1) is 5.54 Å². The van der Waals surface area contributed by atoms with Crippen LogP contribution in [0.1, 0.15) is 31.9 Å². The molecule has 1 amide bonds. The largest absolute Gasteiger partial charge is 0.465 e. The van der Waals surface area contributed by atoms with Gasteiger partial charge in [0.15, 0.2) is 0 Å². The average Bonchev–Trinajstić information content (AvgIpc) is 2.62. The molecule has 1 aliphatic rings. The van der Waals surface area contributed by atoms with Crippen LogP contribution in [0.2, 0.25) is 19.6 Å². The van der Waals surface area contributed by atoms with Crippen LogP contribution >= 0.6 is 0 Å². The van der Waals surface area contributed by atoms with E-state index in [4.69, 9.17) is 0 Å². The van der Waals surface area contributed by atoms with E-state index in [-0.39, 0.29) is 11.4 Å². The fourth-order valence-corrected chi connectivity index (χ4v) is 6.23. The number of rotatable bonds is 2. The quantitative estimate of drug-likeness (QED) is 0.345. The number of amidine groups is 1. The molecule has 0 spiro atoms. The van der Waals surface area contributed by atoms with Crippen LogP contribution in [0.15, 0.2) is 27.6 Å². The second-order valence-corrected chi connectivity index (χ2v) is 17.2. The van der Waals surface area contributed by atoms with Crippen LogP contribution in [0.5, 0.6) is 0 Å². The molecule has 0 bridgehead atoms. The Morgan fingerprint density at radius 3 is 2.42 bits per heavy atom. The summed E-state index contributed by atoms with van der Waals surface area (Å²) in [6.45, 7) is 8.39. The van der Waals surface area contributed by atoms with Gasteiger partial charge >= 0.3 is 12.3 Å². The third-order valence-electron chi connectivity index (χ3n) is 5.01. The number of halogens is 4. The van der Waals surface area contributed by atoms with Crippen molar-refractivity contribution < 1.29 is 31.7 Å². The molecule has 0 aliphatic carbocycles. The summed E-state index contributed by atoms with van der Waals surface area (Å²) in [4.78, 5) is 15.7. The van der Waals surface area contributed by atoms with Crippen molar-refractivity contribution in [3.63, 3.8) is 0 Å². The van der Waals surface area contributed by atoms with Crippen LogP contribution in [0.3, 0.4) is 0 Å². The SMILES string of the molecule is CC1(C)C(NC(=O)O)=N[C@](C)(c2cc(C#C[Si](C)(C)C)ccc2F)C[S@@]1(=O)=NCC(F)(F)F. The molecule has 2 rings (SSSR count). The van der Waals surface area contributed by atoms with E-state index in [1.54, 1.807) is 0 Å². The zero-order valence-corrected chi connectivity index (χ0v) is 21.0. The lowest BCUT2D eigenvalue weighted by Gasteiger charge is -2.41. The number of carboxylic acid groups (broad SMARTS) is 1. The standard InChI is InChI=1S/C21H27F4N3O3SSi/c1-19(2)17(27-18(29)30)28-20(3,13-32(19,31)26-12-21(23,24)25)15-11-14(7-8-16(15)22)9-10-33(4,5)6/h7-8,11H,12-13H2,1-6H3,(H,27,28)(H,29,30)/t20-,32-/m0/s1. The number of hydrogen-bond donors (Lipinski definition) is 2. The van der Waals surface area contributed by atoms with Crippen molar-refractivity contribution in [3.05, 3.63) is 35.1 Å². The highest BCUT2D eigenvalue weighted by Crippen LogP contribution is 2.40. The van der Waals surface area contributed by atoms with E-state index in [1.807, 2.05) is 25.0 Å². The number of alkyl halides is 3. The summed E-state index contributed by atoms with van der Waals surface area (Å²) in [5.74, 6) is 1.37. The van der Waals surface area contributed by atoms with Gasteiger partial charge in [0, 0.05) is 11.1 Å². The van der Waals surface area contributed by atoms with Crippen molar-refractivity contribution in [2.75, 3.05) is 12.3 Å². The topological polar surface area (TPSA) is 91.1 Å². The second kappa shape index (κ2) is 8.75. The van der Waals surface area contributed by atoms with Gasteiger partial charge in [0.1, 0.15) is 36.6 Å². The Bertz CT molecular complexity index is 1170. The van der Waals surface area contributed by atoms with E-state index in [1.165, 1.54) is 32.9 Å². The van der Waals surface area contributed by atoms with Gasteiger partial charge in [-0.2, -0.15) is 13.2 Å². The molecule has 1 heterocycles. The van der Waals surface area contributed by atoms with Gasteiger partial charge in [-0.3, -0.25) is 10.3 Å². The molecule has 33 heavy (non-hydrogen) atoms. The van der Waals surface area contributed by atoms with Crippen molar-refractivity contribution >= 4 is 29.7 Å². The van der Waals surface area contributed by atoms with E-state index < -0.39 is 58.5 Å². The average molecular weight is 506 g/mol. The Morgan fingerprint density at radius 2 is 1.91 bits per heavy atom. The van der Waals surface area contributed by atoms with Gasteiger partial charge < -0.3 is 5.11 Å². The third-order valence-corrected chi connectivity index (χ3v) is 9.17. The first-order valence-electron chi connectivity index (χ1n) is 9.98. The van der Waals surface area contributed by atoms with Crippen LogP contribution in [0.25, 0.3) is 0 Å². The van der Waals surface area contributed by atoms with Gasteiger partial charge in [0.05, 0.1) is 15.5 Å². The van der Waals surface area contributed by atoms with Gasteiger partial charge in [-0.25, -0.2) is 17.8 Å². The lowest BCUT2D eigenvalue weighted by molar-refractivity contribution is -0.117. The zero-order chi connectivity index (χ0) is 25.5. The Kier molecular flexibility index (Phi) is 7.12. The van der Waals surface area contributed by atoms with Crippen LogP contribution in [-0.2, 0) is 15.3 Å². The van der Waals surface area contributed by atoms with Crippen LogP contribution in [0, 0.1) is 17.3 Å². The van der Waals surface area contributed by atoms with Gasteiger partial charge in [-0.05, 0) is 39.0 Å². The lowest BCUT2D eigenvalue weighted by Crippen LogP contribution is -2.57. The Balaban J connectivity index is 2.77. The van der Waals surface area contributed by atoms with E-state index in [0.717, 1.165) is 6.07 Å². The van der Waals surface area contributed by atoms with E-state index in [0.29, 0.717) is 5.56 Å². The Morgan fingerprint density at radius 1 is 1.30 bits per heavy atom. The number of hydrogen-bond acceptors (Lipinski definition) is 4. The molecular formula is C21H27F4N3O3SSi. The maximum absolute atomic E-state index is 14.9. The highest BCUT2D eigenvalue weighted by atomic mass is 32.2. The summed E-state index contributed by atoms with van der Waals surface area (Å²) < 4.78 is 69.3. The highest BCUT2D eigenvalue weighted by Gasteiger charge is 2.50. The van der Waals surface area contributed by atoms with Crippen LogP contribution in [0.4, 0.5) is 22.4 Å². The minimum Gasteiger partial charge on any atom is -0.465 e. The molecule has 2 atom stereocenters. The molecule has 2 N–H and O–H groups in total. The molecule has 1 aromatic carbocycles. The third kappa shape index (κ3) is 6.35. The first-order chi connectivity index (χ1) is 14.8. The molecule has 1 aliphatic heterocycles. The van der Waals surface area contributed by atoms with E-state index in [9.17, 15) is 31.7 Å². The predicted octanol–water partition coefficient (Wildman–Crippen LogP) is 4.76. The fourth-order valence-electron chi connectivity index (χ4n) is 3.20. The summed E-state index contributed by atoms with van der Waals surface area (Å²) in [6, 6.07) is 4.03. The van der Waals surface area contributed by atoms with Crippen molar-refractivity contribution in [3.8, 4) is 11.5 Å². The van der Waals surface area contributed by atoms with Gasteiger partial charge in [0.25, 0.3) is 0 Å². The molecule has 12 heteroatoms. The second-order valence-electron chi connectivity index (χ2n) is 9.56. The van der Waals surface area contributed by atoms with Crippen LogP contribution in [-0.4, -0.2) is 52.5 Å². The van der Waals surface area contributed by atoms with Crippen LogP contribution < -0.4 is 5.32 Å². The van der Waals surface area contributed by atoms with Crippen molar-refractivity contribution in [1.82, 2.24) is 5.32 Å². The molecule has 0 unspecified atom stereocenters. The molecular weight excluding hydrogens is 478 g/mol. The fraction of sp³-hybridized carbons (Fsp3) is 0.524. The summed E-state index contributed by atoms with van der Waals surface area (Å²) >= 11 is 0. The lowest BCUT2D eigenvalue weighted by atomic mass is 9.92. The monoisotopic (exact) mass is 505 g/mol. The van der Waals surface area contributed by atoms with Crippen molar-refractivity contribution in [1.29, 1.82) is 0 Å². The summed E-state index contributed by atoms with van der Waals surface area (Å²) in [6.07, 6.45) is -6.26. The minimum atomic E-state index is -4.72. The number of amides is 1. The Labute approximate surface area is 192 Å². The van der Waals surface area contributed by atoms with E-state index in [2.05, 4.69) is 20.8 Å². The smallest absolute Gasteiger partial charge is 0.410 e. The molecule has 0 saturated carbocycles. The first kappa shape index (κ1) is 26.9. The number of benzene rings is 1. The first-order valence-corrected chi connectivity index (χ1v) is 15.2.